The van der Waals surface area contributed by atoms with Gasteiger partial charge in [-0.1, -0.05) is 24.3 Å². The Morgan fingerprint density at radius 2 is 2.05 bits per heavy atom. The Morgan fingerprint density at radius 1 is 1.36 bits per heavy atom. The van der Waals surface area contributed by atoms with Gasteiger partial charge in [0.25, 0.3) is 0 Å². The summed E-state index contributed by atoms with van der Waals surface area (Å²) in [4.78, 5) is 25.1. The highest BCUT2D eigenvalue weighted by molar-refractivity contribution is 5.80. The van der Waals surface area contributed by atoms with Gasteiger partial charge in [-0.15, -0.1) is 0 Å². The molecule has 1 fully saturated rings. The van der Waals surface area contributed by atoms with E-state index < -0.39 is 11.9 Å². The zero-order valence-electron chi connectivity index (χ0n) is 12.5. The molecule has 1 aliphatic heterocycles. The number of rotatable bonds is 4. The molecule has 5 heteroatoms. The number of carbonyl (C=O) groups is 2. The fourth-order valence-electron chi connectivity index (χ4n) is 2.81. The van der Waals surface area contributed by atoms with Crippen LogP contribution in [0.2, 0.25) is 0 Å². The van der Waals surface area contributed by atoms with Crippen LogP contribution in [0.25, 0.3) is 6.08 Å². The highest BCUT2D eigenvalue weighted by Gasteiger charge is 2.34. The molecule has 1 heterocycles. The van der Waals surface area contributed by atoms with Crippen LogP contribution in [0.1, 0.15) is 31.7 Å². The minimum Gasteiger partial charge on any atom is -0.481 e. The van der Waals surface area contributed by atoms with Gasteiger partial charge in [-0.05, 0) is 37.5 Å². The first kappa shape index (κ1) is 16.2. The molecule has 0 saturated carbocycles. The van der Waals surface area contributed by atoms with Crippen LogP contribution < -0.4 is 0 Å². The lowest BCUT2D eigenvalue weighted by atomic mass is 9.90. The largest absolute Gasteiger partial charge is 0.481 e. The number of carboxylic acid groups (broad SMARTS) is 1. The van der Waals surface area contributed by atoms with Crippen molar-refractivity contribution < 1.29 is 19.1 Å². The molecule has 118 valence electrons. The maximum absolute atomic E-state index is 12.8. The summed E-state index contributed by atoms with van der Waals surface area (Å²) in [5.74, 6) is -1.70. The molecule has 1 aromatic rings. The predicted molar refractivity (Wildman–Crippen MR) is 81.6 cm³/mol. The Balaban J connectivity index is 1.94. The summed E-state index contributed by atoms with van der Waals surface area (Å²) in [7, 11) is 0. The number of nitrogens with zero attached hydrogens (tertiary/aromatic N) is 1. The molecule has 0 spiro atoms. The van der Waals surface area contributed by atoms with Crippen molar-refractivity contribution in [3.63, 3.8) is 0 Å². The van der Waals surface area contributed by atoms with Crippen molar-refractivity contribution in [1.29, 1.82) is 0 Å². The minimum atomic E-state index is -0.841. The standard InChI is InChI=1S/C17H20FNO3/c1-12-15(17(21)22)5-3-11-19(12)16(20)6-2-4-13-7-9-14(18)10-8-13/h2,4,7-10,12,15H,3,5-6,11H2,1H3,(H,21,22)/b4-2+/t12-,15-/m1/s1. The molecule has 1 aliphatic rings. The predicted octanol–water partition coefficient (Wildman–Crippen LogP) is 2.94. The fraction of sp³-hybridized carbons (Fsp3) is 0.412. The van der Waals surface area contributed by atoms with E-state index in [0.717, 1.165) is 5.56 Å². The van der Waals surface area contributed by atoms with Gasteiger partial charge in [0.1, 0.15) is 5.82 Å². The summed E-state index contributed by atoms with van der Waals surface area (Å²) in [5.41, 5.74) is 0.823. The van der Waals surface area contributed by atoms with Gasteiger partial charge in [-0.2, -0.15) is 0 Å². The average Bonchev–Trinajstić information content (AvgIpc) is 2.49. The zero-order valence-corrected chi connectivity index (χ0v) is 12.5. The Kier molecular flexibility index (Phi) is 5.31. The summed E-state index contributed by atoms with van der Waals surface area (Å²) in [6.45, 7) is 2.40. The number of benzene rings is 1. The third-order valence-electron chi connectivity index (χ3n) is 4.10. The second-order valence-electron chi connectivity index (χ2n) is 5.57. The van der Waals surface area contributed by atoms with Gasteiger partial charge in [0.15, 0.2) is 0 Å². The highest BCUT2D eigenvalue weighted by Crippen LogP contribution is 2.24. The van der Waals surface area contributed by atoms with Crippen molar-refractivity contribution >= 4 is 18.0 Å². The number of hydrogen-bond acceptors (Lipinski definition) is 2. The Bertz CT molecular complexity index is 568. The summed E-state index contributed by atoms with van der Waals surface area (Å²) >= 11 is 0. The number of piperidine rings is 1. The topological polar surface area (TPSA) is 57.6 Å². The number of amides is 1. The van der Waals surface area contributed by atoms with Crippen LogP contribution >= 0.6 is 0 Å². The lowest BCUT2D eigenvalue weighted by Crippen LogP contribution is -2.48. The van der Waals surface area contributed by atoms with E-state index >= 15 is 0 Å². The van der Waals surface area contributed by atoms with Crippen molar-refractivity contribution in [2.24, 2.45) is 5.92 Å². The fourth-order valence-corrected chi connectivity index (χ4v) is 2.81. The van der Waals surface area contributed by atoms with Crippen LogP contribution in [0.4, 0.5) is 4.39 Å². The van der Waals surface area contributed by atoms with Gasteiger partial charge in [0, 0.05) is 19.0 Å². The molecule has 0 unspecified atom stereocenters. The second kappa shape index (κ2) is 7.20. The number of hydrogen-bond donors (Lipinski definition) is 1. The molecule has 0 aliphatic carbocycles. The van der Waals surface area contributed by atoms with Gasteiger partial charge >= 0.3 is 5.97 Å². The van der Waals surface area contributed by atoms with Crippen LogP contribution in [-0.4, -0.2) is 34.5 Å². The monoisotopic (exact) mass is 305 g/mol. The number of carboxylic acids is 1. The molecular formula is C17H20FNO3. The normalized spacial score (nSPS) is 22.0. The first-order valence-corrected chi connectivity index (χ1v) is 7.43. The van der Waals surface area contributed by atoms with Gasteiger partial charge in [0.05, 0.1) is 5.92 Å². The van der Waals surface area contributed by atoms with Crippen molar-refractivity contribution in [1.82, 2.24) is 4.90 Å². The molecule has 0 radical (unpaired) electrons. The Morgan fingerprint density at radius 3 is 2.68 bits per heavy atom. The van der Waals surface area contributed by atoms with Crippen molar-refractivity contribution in [2.75, 3.05) is 6.54 Å². The molecule has 22 heavy (non-hydrogen) atoms. The summed E-state index contributed by atoms with van der Waals surface area (Å²) < 4.78 is 12.8. The van der Waals surface area contributed by atoms with E-state index in [4.69, 9.17) is 0 Å². The molecule has 0 aromatic heterocycles. The van der Waals surface area contributed by atoms with Crippen LogP contribution in [0, 0.1) is 11.7 Å². The summed E-state index contributed by atoms with van der Waals surface area (Å²) in [6.07, 6.45) is 5.04. The van der Waals surface area contributed by atoms with E-state index in [1.165, 1.54) is 12.1 Å². The minimum absolute atomic E-state index is 0.0724. The van der Waals surface area contributed by atoms with Crippen LogP contribution in [0.15, 0.2) is 30.3 Å². The quantitative estimate of drug-likeness (QED) is 0.930. The SMILES string of the molecule is C[C@@H]1[C@H](C(=O)O)CCCN1C(=O)C/C=C/c1ccc(F)cc1. The van der Waals surface area contributed by atoms with E-state index in [1.807, 2.05) is 0 Å². The number of aliphatic carboxylic acids is 1. The van der Waals surface area contributed by atoms with Crippen molar-refractivity contribution in [2.45, 2.75) is 32.2 Å². The third-order valence-corrected chi connectivity index (χ3v) is 4.10. The summed E-state index contributed by atoms with van der Waals surface area (Å²) in [5, 5.41) is 9.17. The molecule has 2 rings (SSSR count). The van der Waals surface area contributed by atoms with Crippen LogP contribution in [0.5, 0.6) is 0 Å². The molecule has 0 bridgehead atoms. The molecule has 1 N–H and O–H groups in total. The van der Waals surface area contributed by atoms with Crippen molar-refractivity contribution in [3.05, 3.63) is 41.7 Å². The molecular weight excluding hydrogens is 285 g/mol. The van der Waals surface area contributed by atoms with E-state index in [2.05, 4.69) is 0 Å². The van der Waals surface area contributed by atoms with E-state index in [9.17, 15) is 19.1 Å². The Hall–Kier alpha value is -2.17. The molecule has 1 saturated heterocycles. The summed E-state index contributed by atoms with van der Waals surface area (Å²) in [6, 6.07) is 5.73. The number of likely N-dealkylation sites (tertiary alicyclic amines) is 1. The smallest absolute Gasteiger partial charge is 0.308 e. The molecule has 4 nitrogen and oxygen atoms in total. The zero-order chi connectivity index (χ0) is 16.1. The first-order valence-electron chi connectivity index (χ1n) is 7.43. The van der Waals surface area contributed by atoms with E-state index in [1.54, 1.807) is 36.1 Å². The number of carbonyl (C=O) groups excluding carboxylic acids is 1. The number of halogens is 1. The lowest BCUT2D eigenvalue weighted by molar-refractivity contribution is -0.148. The van der Waals surface area contributed by atoms with E-state index in [-0.39, 0.29) is 24.2 Å². The maximum Gasteiger partial charge on any atom is 0.308 e. The molecule has 1 amide bonds. The van der Waals surface area contributed by atoms with Crippen molar-refractivity contribution in [3.8, 4) is 0 Å². The third kappa shape index (κ3) is 3.93. The first-order chi connectivity index (χ1) is 10.5. The van der Waals surface area contributed by atoms with Gasteiger partial charge in [-0.3, -0.25) is 9.59 Å². The van der Waals surface area contributed by atoms with Gasteiger partial charge < -0.3 is 10.0 Å². The average molecular weight is 305 g/mol. The second-order valence-corrected chi connectivity index (χ2v) is 5.57. The Labute approximate surface area is 129 Å². The highest BCUT2D eigenvalue weighted by atomic mass is 19.1. The van der Waals surface area contributed by atoms with Crippen LogP contribution in [0.3, 0.4) is 0 Å². The van der Waals surface area contributed by atoms with E-state index in [0.29, 0.717) is 19.4 Å². The van der Waals surface area contributed by atoms with Gasteiger partial charge in [-0.25, -0.2) is 4.39 Å². The molecule has 2 atom stereocenters. The van der Waals surface area contributed by atoms with Gasteiger partial charge in [0.2, 0.25) is 5.91 Å². The molecule has 1 aromatic carbocycles. The lowest BCUT2D eigenvalue weighted by Gasteiger charge is -2.37. The maximum atomic E-state index is 12.8. The van der Waals surface area contributed by atoms with Crippen LogP contribution in [-0.2, 0) is 9.59 Å².